The van der Waals surface area contributed by atoms with Gasteiger partial charge in [0.25, 0.3) is 5.91 Å². The highest BCUT2D eigenvalue weighted by atomic mass is 16.5. The summed E-state index contributed by atoms with van der Waals surface area (Å²) in [4.78, 5) is 15.9. The summed E-state index contributed by atoms with van der Waals surface area (Å²) in [5.74, 6) is 0.316. The minimum atomic E-state index is -0.500. The molecule has 6 nitrogen and oxygen atoms in total. The Kier molecular flexibility index (Phi) is 4.47. The van der Waals surface area contributed by atoms with Gasteiger partial charge >= 0.3 is 0 Å². The Morgan fingerprint density at radius 1 is 1.45 bits per heavy atom. The number of nitrogens with zero attached hydrogens (tertiary/aromatic N) is 2. The fraction of sp³-hybridized carbons (Fsp3) is 0.357. The van der Waals surface area contributed by atoms with Crippen molar-refractivity contribution in [2.75, 3.05) is 11.9 Å². The molecule has 1 atom stereocenters. The number of rotatable bonds is 5. The maximum absolute atomic E-state index is 11.9. The van der Waals surface area contributed by atoms with Crippen LogP contribution in [0.4, 0.5) is 5.82 Å². The summed E-state index contributed by atoms with van der Waals surface area (Å²) >= 11 is 0. The Morgan fingerprint density at radius 3 is 2.80 bits per heavy atom. The number of aromatic amines is 1. The van der Waals surface area contributed by atoms with E-state index in [0.717, 1.165) is 16.8 Å². The number of hydrogen-bond acceptors (Lipinski definition) is 4. The van der Waals surface area contributed by atoms with Crippen LogP contribution < -0.4 is 5.32 Å². The highest BCUT2D eigenvalue weighted by Crippen LogP contribution is 2.25. The summed E-state index contributed by atoms with van der Waals surface area (Å²) in [7, 11) is 0. The quantitative estimate of drug-likeness (QED) is 0.875. The zero-order valence-corrected chi connectivity index (χ0v) is 11.8. The number of carbonyl (C=O) groups is 1. The third-order valence-corrected chi connectivity index (χ3v) is 3.01. The van der Waals surface area contributed by atoms with Crippen molar-refractivity contribution in [2.24, 2.45) is 0 Å². The van der Waals surface area contributed by atoms with E-state index in [1.165, 1.54) is 0 Å². The SMILES string of the molecule is CCO[C@@H](C)C(=O)Nc1n[nH]c(-c2ccncc2)c1C. The molecule has 0 spiro atoms. The lowest BCUT2D eigenvalue weighted by Gasteiger charge is -2.10. The molecule has 1 amide bonds. The van der Waals surface area contributed by atoms with Crippen molar-refractivity contribution in [3.05, 3.63) is 30.1 Å². The molecule has 2 rings (SSSR count). The van der Waals surface area contributed by atoms with Crippen LogP contribution in [-0.2, 0) is 9.53 Å². The van der Waals surface area contributed by atoms with Crippen LogP contribution in [0, 0.1) is 6.92 Å². The third kappa shape index (κ3) is 3.03. The first kappa shape index (κ1) is 14.2. The fourth-order valence-corrected chi connectivity index (χ4v) is 1.86. The van der Waals surface area contributed by atoms with Gasteiger partial charge in [0.1, 0.15) is 6.10 Å². The smallest absolute Gasteiger partial charge is 0.254 e. The van der Waals surface area contributed by atoms with E-state index in [1.807, 2.05) is 26.0 Å². The number of anilines is 1. The summed E-state index contributed by atoms with van der Waals surface area (Å²) in [6.07, 6.45) is 2.93. The predicted molar refractivity (Wildman–Crippen MR) is 76.3 cm³/mol. The molecule has 0 saturated carbocycles. The molecule has 0 aromatic carbocycles. The van der Waals surface area contributed by atoms with E-state index < -0.39 is 6.10 Å². The molecule has 0 saturated heterocycles. The summed E-state index contributed by atoms with van der Waals surface area (Å²) in [5, 5.41) is 9.84. The van der Waals surface area contributed by atoms with Gasteiger partial charge in [-0.05, 0) is 32.9 Å². The molecule has 6 heteroatoms. The summed E-state index contributed by atoms with van der Waals surface area (Å²) in [6.45, 7) is 5.96. The molecule has 0 aliphatic rings. The van der Waals surface area contributed by atoms with E-state index in [9.17, 15) is 4.79 Å². The number of ether oxygens (including phenoxy) is 1. The van der Waals surface area contributed by atoms with Crippen LogP contribution in [0.5, 0.6) is 0 Å². The lowest BCUT2D eigenvalue weighted by atomic mass is 10.1. The first-order valence-corrected chi connectivity index (χ1v) is 6.51. The van der Waals surface area contributed by atoms with Crippen LogP contribution in [0.1, 0.15) is 19.4 Å². The molecule has 0 radical (unpaired) electrons. The van der Waals surface area contributed by atoms with Crippen LogP contribution >= 0.6 is 0 Å². The normalized spacial score (nSPS) is 12.2. The summed E-state index contributed by atoms with van der Waals surface area (Å²) < 4.78 is 5.25. The van der Waals surface area contributed by atoms with Crippen molar-refractivity contribution in [1.29, 1.82) is 0 Å². The lowest BCUT2D eigenvalue weighted by Crippen LogP contribution is -2.28. The minimum absolute atomic E-state index is 0.206. The van der Waals surface area contributed by atoms with Gasteiger partial charge in [0.15, 0.2) is 5.82 Å². The molecule has 20 heavy (non-hydrogen) atoms. The van der Waals surface area contributed by atoms with E-state index in [2.05, 4.69) is 20.5 Å². The van der Waals surface area contributed by atoms with Gasteiger partial charge in [0, 0.05) is 30.1 Å². The van der Waals surface area contributed by atoms with Crippen LogP contribution in [0.15, 0.2) is 24.5 Å². The van der Waals surface area contributed by atoms with E-state index in [1.54, 1.807) is 19.3 Å². The zero-order valence-electron chi connectivity index (χ0n) is 11.8. The van der Waals surface area contributed by atoms with Crippen LogP contribution in [0.2, 0.25) is 0 Å². The van der Waals surface area contributed by atoms with Crippen molar-refractivity contribution in [3.8, 4) is 11.3 Å². The third-order valence-electron chi connectivity index (χ3n) is 3.01. The molecule has 0 aliphatic carbocycles. The molecule has 0 aliphatic heterocycles. The summed E-state index contributed by atoms with van der Waals surface area (Å²) in [5.41, 5.74) is 2.73. The number of hydrogen-bond donors (Lipinski definition) is 2. The van der Waals surface area contributed by atoms with Crippen molar-refractivity contribution >= 4 is 11.7 Å². The molecule has 0 unspecified atom stereocenters. The molecule has 2 heterocycles. The standard InChI is InChI=1S/C14H18N4O2/c1-4-20-10(3)14(19)16-13-9(2)12(17-18-13)11-5-7-15-8-6-11/h5-8,10H,4H2,1-3H3,(H2,16,17,18,19)/t10-/m0/s1. The van der Waals surface area contributed by atoms with Crippen LogP contribution in [-0.4, -0.2) is 33.8 Å². The lowest BCUT2D eigenvalue weighted by molar-refractivity contribution is -0.126. The van der Waals surface area contributed by atoms with Crippen LogP contribution in [0.3, 0.4) is 0 Å². The van der Waals surface area contributed by atoms with Crippen molar-refractivity contribution in [2.45, 2.75) is 26.9 Å². The average molecular weight is 274 g/mol. The van der Waals surface area contributed by atoms with E-state index in [-0.39, 0.29) is 5.91 Å². The molecular formula is C14H18N4O2. The maximum atomic E-state index is 11.9. The van der Waals surface area contributed by atoms with Gasteiger partial charge in [-0.3, -0.25) is 14.9 Å². The first-order chi connectivity index (χ1) is 9.63. The van der Waals surface area contributed by atoms with Crippen molar-refractivity contribution in [3.63, 3.8) is 0 Å². The Morgan fingerprint density at radius 2 is 2.15 bits per heavy atom. The highest BCUT2D eigenvalue weighted by Gasteiger charge is 2.17. The Bertz CT molecular complexity index is 580. The van der Waals surface area contributed by atoms with Crippen molar-refractivity contribution < 1.29 is 9.53 Å². The summed E-state index contributed by atoms with van der Waals surface area (Å²) in [6, 6.07) is 3.77. The number of carbonyl (C=O) groups excluding carboxylic acids is 1. The highest BCUT2D eigenvalue weighted by molar-refractivity contribution is 5.94. The largest absolute Gasteiger partial charge is 0.369 e. The van der Waals surface area contributed by atoms with E-state index >= 15 is 0 Å². The predicted octanol–water partition coefficient (Wildman–Crippen LogP) is 2.14. The topological polar surface area (TPSA) is 79.9 Å². The van der Waals surface area contributed by atoms with Crippen molar-refractivity contribution in [1.82, 2.24) is 15.2 Å². The van der Waals surface area contributed by atoms with Gasteiger partial charge < -0.3 is 10.1 Å². The van der Waals surface area contributed by atoms with Gasteiger partial charge in [-0.2, -0.15) is 5.10 Å². The van der Waals surface area contributed by atoms with Gasteiger partial charge in [-0.1, -0.05) is 0 Å². The monoisotopic (exact) mass is 274 g/mol. The second kappa shape index (κ2) is 6.29. The van der Waals surface area contributed by atoms with Gasteiger partial charge in [0.2, 0.25) is 0 Å². The number of aromatic nitrogens is 3. The molecular weight excluding hydrogens is 256 g/mol. The first-order valence-electron chi connectivity index (χ1n) is 6.51. The molecule has 2 aromatic rings. The number of amides is 1. The Hall–Kier alpha value is -2.21. The minimum Gasteiger partial charge on any atom is -0.369 e. The second-order valence-electron chi connectivity index (χ2n) is 4.39. The molecule has 2 N–H and O–H groups in total. The molecule has 0 fully saturated rings. The van der Waals surface area contributed by atoms with Gasteiger partial charge in [0.05, 0.1) is 5.69 Å². The molecule has 0 bridgehead atoms. The number of nitrogens with one attached hydrogen (secondary N) is 2. The van der Waals surface area contributed by atoms with Gasteiger partial charge in [-0.25, -0.2) is 0 Å². The Labute approximate surface area is 117 Å². The molecule has 106 valence electrons. The Balaban J connectivity index is 2.16. The maximum Gasteiger partial charge on any atom is 0.254 e. The number of pyridine rings is 1. The van der Waals surface area contributed by atoms with E-state index in [4.69, 9.17) is 4.74 Å². The number of H-pyrrole nitrogens is 1. The van der Waals surface area contributed by atoms with E-state index in [0.29, 0.717) is 12.4 Å². The van der Waals surface area contributed by atoms with Gasteiger partial charge in [-0.15, -0.1) is 0 Å². The zero-order chi connectivity index (χ0) is 14.5. The van der Waals surface area contributed by atoms with Crippen LogP contribution in [0.25, 0.3) is 11.3 Å². The second-order valence-corrected chi connectivity index (χ2v) is 4.39. The average Bonchev–Trinajstić information content (AvgIpc) is 2.81. The molecule has 2 aromatic heterocycles. The fourth-order valence-electron chi connectivity index (χ4n) is 1.86.